The summed E-state index contributed by atoms with van der Waals surface area (Å²) in [5, 5.41) is 8.56. The molecule has 0 aliphatic rings. The summed E-state index contributed by atoms with van der Waals surface area (Å²) in [4.78, 5) is 15.6. The molecule has 8 heteroatoms. The van der Waals surface area contributed by atoms with Gasteiger partial charge >= 0.3 is 0 Å². The number of hydrogen-bond donors (Lipinski definition) is 0. The molecule has 0 aliphatic heterocycles. The lowest BCUT2D eigenvalue weighted by molar-refractivity contribution is 0.970. The van der Waals surface area contributed by atoms with Gasteiger partial charge in [-0.1, -0.05) is 152 Å². The largest absolute Gasteiger partial charge is 0.295 e. The Morgan fingerprint density at radius 3 is 1.41 bits per heavy atom. The van der Waals surface area contributed by atoms with Gasteiger partial charge in [-0.25, -0.2) is 19.5 Å². The number of para-hydroxylation sites is 7. The summed E-state index contributed by atoms with van der Waals surface area (Å²) in [6.45, 7) is 0. The third-order valence-corrected chi connectivity index (χ3v) is 17.6. The van der Waals surface area contributed by atoms with Crippen LogP contribution in [0.1, 0.15) is 0 Å². The molecule has 296 valence electrons. The number of hydrogen-bond acceptors (Lipinski definition) is 3. The lowest BCUT2D eigenvalue weighted by Gasteiger charge is -2.34. The summed E-state index contributed by atoms with van der Waals surface area (Å²) < 4.78 is 9.14. The van der Waals surface area contributed by atoms with E-state index in [1.54, 1.807) is 0 Å². The zero-order valence-corrected chi connectivity index (χ0v) is 35.0. The number of aromatic nitrogens is 7. The zero-order valence-electron chi connectivity index (χ0n) is 34.0. The predicted octanol–water partition coefficient (Wildman–Crippen LogP) is 9.64. The van der Waals surface area contributed by atoms with Crippen LogP contribution < -0.4 is 20.7 Å². The second-order valence-electron chi connectivity index (χ2n) is 16.1. The molecule has 0 N–H and O–H groups in total. The Morgan fingerprint density at radius 2 is 0.810 bits per heavy atom. The normalized spacial score (nSPS) is 12.1. The molecule has 13 aromatic rings. The summed E-state index contributed by atoms with van der Waals surface area (Å²) in [7, 11) is -3.02. The molecule has 7 nitrogen and oxygen atoms in total. The Bertz CT molecular complexity index is 3790. The van der Waals surface area contributed by atoms with Crippen molar-refractivity contribution in [2.45, 2.75) is 0 Å². The van der Waals surface area contributed by atoms with E-state index in [9.17, 15) is 0 Å². The average molecular weight is 824 g/mol. The molecule has 0 saturated carbocycles. The van der Waals surface area contributed by atoms with Crippen molar-refractivity contribution in [3.05, 3.63) is 225 Å². The second kappa shape index (κ2) is 13.9. The second-order valence-corrected chi connectivity index (χ2v) is 19.9. The lowest BCUT2D eigenvalue weighted by Crippen LogP contribution is -2.74. The van der Waals surface area contributed by atoms with Crippen LogP contribution in [0, 0.1) is 0 Å². The fourth-order valence-corrected chi connectivity index (χ4v) is 14.8. The molecule has 5 heterocycles. The Kier molecular flexibility index (Phi) is 7.79. The topological polar surface area (TPSA) is 57.9 Å². The predicted molar refractivity (Wildman–Crippen MR) is 260 cm³/mol. The van der Waals surface area contributed by atoms with Gasteiger partial charge < -0.3 is 0 Å². The third kappa shape index (κ3) is 5.10. The standard InChI is InChI=1S/C55H37N7Si/c1-4-18-38(19-5-1)59-47-27-13-10-24-44(47)52-45-25-11-14-28-48(45)60(53(52)59)39-32-34-42(35-33-39)63(40-20-6-2-7-21-40,41-22-8-3-9-23-41)43-36-56-54(57-37-43)62-51-31-17-16-30-50(51)61-49-29-15-12-26-46(49)58-55(61)62/h1-37H. The smallest absolute Gasteiger partial charge is 0.236 e. The summed E-state index contributed by atoms with van der Waals surface area (Å²) in [6, 6.07) is 76.2. The first kappa shape index (κ1) is 35.4. The van der Waals surface area contributed by atoms with Gasteiger partial charge in [-0.15, -0.1) is 0 Å². The van der Waals surface area contributed by atoms with E-state index in [0.29, 0.717) is 5.95 Å². The van der Waals surface area contributed by atoms with Gasteiger partial charge in [0.05, 0.1) is 33.1 Å². The Labute approximate surface area is 363 Å². The minimum atomic E-state index is -3.02. The minimum Gasteiger partial charge on any atom is -0.295 e. The van der Waals surface area contributed by atoms with Crippen molar-refractivity contribution in [3.8, 4) is 17.3 Å². The van der Waals surface area contributed by atoms with Gasteiger partial charge in [-0.2, -0.15) is 0 Å². The van der Waals surface area contributed by atoms with E-state index in [2.05, 4.69) is 237 Å². The van der Waals surface area contributed by atoms with Crippen LogP contribution >= 0.6 is 0 Å². The molecule has 0 bridgehead atoms. The van der Waals surface area contributed by atoms with E-state index < -0.39 is 8.07 Å². The fourth-order valence-electron chi connectivity index (χ4n) is 10.2. The van der Waals surface area contributed by atoms with Gasteiger partial charge in [0.25, 0.3) is 0 Å². The first-order valence-corrected chi connectivity index (χ1v) is 23.3. The molecule has 13 rings (SSSR count). The molecule has 0 fully saturated rings. The van der Waals surface area contributed by atoms with Crippen molar-refractivity contribution in [2.75, 3.05) is 0 Å². The van der Waals surface area contributed by atoms with Crippen LogP contribution in [0.2, 0.25) is 0 Å². The molecular formula is C55H37N7Si. The van der Waals surface area contributed by atoms with Gasteiger partial charge in [0.1, 0.15) is 5.65 Å². The molecule has 5 aromatic heterocycles. The van der Waals surface area contributed by atoms with Crippen LogP contribution in [0.15, 0.2) is 225 Å². The first-order chi connectivity index (χ1) is 31.3. The Hall–Kier alpha value is -8.33. The highest BCUT2D eigenvalue weighted by molar-refractivity contribution is 7.19. The monoisotopic (exact) mass is 823 g/mol. The zero-order chi connectivity index (χ0) is 41.5. The van der Waals surface area contributed by atoms with Gasteiger partial charge in [0.2, 0.25) is 11.7 Å². The highest BCUT2D eigenvalue weighted by atomic mass is 28.3. The van der Waals surface area contributed by atoms with Crippen LogP contribution in [0.4, 0.5) is 0 Å². The van der Waals surface area contributed by atoms with Crippen molar-refractivity contribution in [1.29, 1.82) is 0 Å². The van der Waals surface area contributed by atoms with Crippen LogP contribution in [-0.2, 0) is 0 Å². The van der Waals surface area contributed by atoms with Crippen LogP contribution in [0.5, 0.6) is 0 Å². The summed E-state index contributed by atoms with van der Waals surface area (Å²) >= 11 is 0. The highest BCUT2D eigenvalue weighted by Gasteiger charge is 2.42. The van der Waals surface area contributed by atoms with E-state index in [1.165, 1.54) is 42.8 Å². The molecule has 0 amide bonds. The van der Waals surface area contributed by atoms with Crippen molar-refractivity contribution < 1.29 is 0 Å². The van der Waals surface area contributed by atoms with E-state index in [4.69, 9.17) is 15.0 Å². The SMILES string of the molecule is c1ccc(-n2c3ccccc3c3c4ccccc4n(-c4ccc([Si](c5ccccc5)(c5ccccc5)c5cnc(-n6c7ccccc7n7c8ccccc8nc67)nc5)cc4)c32)cc1. The van der Waals surface area contributed by atoms with E-state index >= 15 is 0 Å². The summed E-state index contributed by atoms with van der Waals surface area (Å²) in [5.74, 6) is 1.37. The van der Waals surface area contributed by atoms with Crippen molar-refractivity contribution >= 4 is 89.5 Å². The highest BCUT2D eigenvalue weighted by Crippen LogP contribution is 2.40. The van der Waals surface area contributed by atoms with E-state index in [-0.39, 0.29) is 0 Å². The number of fused-ring (bicyclic) bond motifs is 10. The van der Waals surface area contributed by atoms with Gasteiger partial charge in [0.15, 0.2) is 8.07 Å². The van der Waals surface area contributed by atoms with Gasteiger partial charge in [0, 0.05) is 39.9 Å². The Balaban J connectivity index is 1.03. The minimum absolute atomic E-state index is 0.580. The quantitative estimate of drug-likeness (QED) is 0.119. The number of benzene rings is 8. The molecular weight excluding hydrogens is 787 g/mol. The molecule has 8 aromatic carbocycles. The van der Waals surface area contributed by atoms with Crippen LogP contribution in [0.3, 0.4) is 0 Å². The summed E-state index contributed by atoms with van der Waals surface area (Å²) in [5.41, 5.74) is 9.76. The maximum absolute atomic E-state index is 5.25. The van der Waals surface area contributed by atoms with Crippen LogP contribution in [0.25, 0.3) is 78.0 Å². The van der Waals surface area contributed by atoms with Gasteiger partial charge in [-0.05, 0) is 81.4 Å². The number of rotatable bonds is 7. The molecule has 0 radical (unpaired) electrons. The van der Waals surface area contributed by atoms with Crippen molar-refractivity contribution in [3.63, 3.8) is 0 Å². The van der Waals surface area contributed by atoms with Crippen LogP contribution in [-0.4, -0.2) is 41.1 Å². The molecule has 0 atom stereocenters. The lowest BCUT2D eigenvalue weighted by atomic mass is 10.1. The molecule has 0 spiro atoms. The van der Waals surface area contributed by atoms with Crippen molar-refractivity contribution in [1.82, 2.24) is 33.1 Å². The Morgan fingerprint density at radius 1 is 0.349 bits per heavy atom. The fraction of sp³-hybridized carbons (Fsp3) is 0. The average Bonchev–Trinajstić information content (AvgIpc) is 4.09. The molecule has 0 aliphatic carbocycles. The first-order valence-electron chi connectivity index (χ1n) is 21.3. The number of nitrogens with zero attached hydrogens (tertiary/aromatic N) is 7. The molecule has 0 unspecified atom stereocenters. The number of imidazole rings is 2. The van der Waals surface area contributed by atoms with Gasteiger partial charge in [-0.3, -0.25) is 13.5 Å². The van der Waals surface area contributed by atoms with E-state index in [1.807, 2.05) is 6.07 Å². The van der Waals surface area contributed by atoms with Crippen molar-refractivity contribution in [2.24, 2.45) is 0 Å². The maximum atomic E-state index is 5.25. The summed E-state index contributed by atoms with van der Waals surface area (Å²) in [6.07, 6.45) is 4.13. The maximum Gasteiger partial charge on any atom is 0.236 e. The third-order valence-electron chi connectivity index (χ3n) is 12.8. The molecule has 63 heavy (non-hydrogen) atoms. The molecule has 0 saturated heterocycles. The van der Waals surface area contributed by atoms with E-state index in [0.717, 1.165) is 50.1 Å².